The van der Waals surface area contributed by atoms with Gasteiger partial charge in [0.2, 0.25) is 5.91 Å². The van der Waals surface area contributed by atoms with E-state index in [-0.39, 0.29) is 16.9 Å². The Kier molecular flexibility index (Phi) is 7.89. The summed E-state index contributed by atoms with van der Waals surface area (Å²) in [7, 11) is 0. The van der Waals surface area contributed by atoms with Gasteiger partial charge in [0.25, 0.3) is 0 Å². The zero-order chi connectivity index (χ0) is 29.2. The number of rotatable bonds is 7. The van der Waals surface area contributed by atoms with E-state index in [1.54, 1.807) is 16.2 Å². The Labute approximate surface area is 263 Å². The molecule has 0 radical (unpaired) electrons. The maximum Gasteiger partial charge on any atom is 0.242 e. The van der Waals surface area contributed by atoms with Crippen LogP contribution in [0.1, 0.15) is 32.1 Å². The Balaban J connectivity index is 1.21. The summed E-state index contributed by atoms with van der Waals surface area (Å²) < 4.78 is 0. The fourth-order valence-electron chi connectivity index (χ4n) is 5.53. The molecule has 4 aromatic carbocycles. The van der Waals surface area contributed by atoms with Crippen molar-refractivity contribution in [3.8, 4) is 0 Å². The lowest BCUT2D eigenvalue weighted by Gasteiger charge is -2.30. The van der Waals surface area contributed by atoms with Gasteiger partial charge in [0.1, 0.15) is 10.6 Å². The molecule has 212 valence electrons. The normalized spacial score (nSPS) is 16.1. The number of para-hydroxylation sites is 2. The van der Waals surface area contributed by atoms with Crippen molar-refractivity contribution in [3.05, 3.63) is 143 Å². The minimum absolute atomic E-state index is 0.0543. The third kappa shape index (κ3) is 5.66. The van der Waals surface area contributed by atoms with Crippen molar-refractivity contribution in [2.75, 3.05) is 16.4 Å². The van der Waals surface area contributed by atoms with Crippen molar-refractivity contribution in [2.24, 2.45) is 0 Å². The average molecular weight is 617 g/mol. The van der Waals surface area contributed by atoms with E-state index in [4.69, 9.17) is 15.7 Å². The number of amides is 1. The number of nitrogen functional groups attached to an aromatic ring is 1. The summed E-state index contributed by atoms with van der Waals surface area (Å²) in [4.78, 5) is 27.2. The number of hydrogen-bond donors (Lipinski definition) is 1. The first kappa shape index (κ1) is 27.7. The molecular weight excluding hydrogens is 589 g/mol. The second kappa shape index (κ2) is 12.2. The Morgan fingerprint density at radius 2 is 1.35 bits per heavy atom. The summed E-state index contributed by atoms with van der Waals surface area (Å²) in [6.45, 7) is 0. The first-order valence-electron chi connectivity index (χ1n) is 14.1. The van der Waals surface area contributed by atoms with Crippen molar-refractivity contribution in [1.29, 1.82) is 0 Å². The molecule has 2 aromatic heterocycles. The molecule has 2 N–H and O–H groups in total. The highest BCUT2D eigenvalue weighted by Crippen LogP contribution is 2.55. The number of carbonyl (C=O) groups excluding carboxylic acids is 1. The van der Waals surface area contributed by atoms with E-state index in [0.29, 0.717) is 16.2 Å². The zero-order valence-electron chi connectivity index (χ0n) is 23.2. The smallest absolute Gasteiger partial charge is 0.242 e. The highest BCUT2D eigenvalue weighted by molar-refractivity contribution is 8.00. The number of nitrogens with zero attached hydrogens (tertiary/aromatic N) is 3. The lowest BCUT2D eigenvalue weighted by Crippen LogP contribution is -2.27. The van der Waals surface area contributed by atoms with E-state index in [1.165, 1.54) is 33.3 Å². The largest absolute Gasteiger partial charge is 0.383 e. The maximum absolute atomic E-state index is 13.6. The minimum atomic E-state index is -0.0543. The van der Waals surface area contributed by atoms with Gasteiger partial charge >= 0.3 is 0 Å². The Hall–Kier alpha value is -4.11. The molecule has 0 fully saturated rings. The minimum Gasteiger partial charge on any atom is -0.383 e. The van der Waals surface area contributed by atoms with Crippen LogP contribution in [0, 0.1) is 0 Å². The molecule has 5 nitrogen and oxygen atoms in total. The lowest BCUT2D eigenvalue weighted by atomic mass is 9.98. The third-order valence-corrected chi connectivity index (χ3v) is 11.2. The van der Waals surface area contributed by atoms with Gasteiger partial charge in [-0.3, -0.25) is 9.69 Å². The predicted octanol–water partition coefficient (Wildman–Crippen LogP) is 8.85. The van der Waals surface area contributed by atoms with Gasteiger partial charge in [-0.15, -0.1) is 23.1 Å². The molecular formula is C35H28N4OS3. The molecule has 3 heterocycles. The van der Waals surface area contributed by atoms with Crippen LogP contribution in [0.25, 0.3) is 10.2 Å². The molecule has 0 unspecified atom stereocenters. The molecule has 43 heavy (non-hydrogen) atoms. The molecule has 0 saturated heterocycles. The Bertz CT molecular complexity index is 1830. The second-order valence-electron chi connectivity index (χ2n) is 10.2. The van der Waals surface area contributed by atoms with E-state index in [0.717, 1.165) is 28.0 Å². The second-order valence-corrected chi connectivity index (χ2v) is 13.5. The SMILES string of the molecule is Nc1nc(SCC(=O)N(c2ccccc2)c2ccccc2)nc2sc3c(c12)C[C@H](c1ccccc1)S[C@H]3c1ccccc1. The maximum atomic E-state index is 13.6. The summed E-state index contributed by atoms with van der Waals surface area (Å²) in [5.41, 5.74) is 12.1. The average Bonchev–Trinajstić information content (AvgIpc) is 3.44. The van der Waals surface area contributed by atoms with Gasteiger partial charge in [-0.05, 0) is 47.4 Å². The van der Waals surface area contributed by atoms with Gasteiger partial charge in [-0.25, -0.2) is 9.97 Å². The van der Waals surface area contributed by atoms with E-state index >= 15 is 0 Å². The molecule has 2 atom stereocenters. The summed E-state index contributed by atoms with van der Waals surface area (Å²) in [6.07, 6.45) is 0.870. The number of carbonyl (C=O) groups is 1. The van der Waals surface area contributed by atoms with Crippen LogP contribution >= 0.6 is 34.9 Å². The van der Waals surface area contributed by atoms with Crippen molar-refractivity contribution in [3.63, 3.8) is 0 Å². The van der Waals surface area contributed by atoms with Crippen LogP contribution < -0.4 is 10.6 Å². The standard InChI is InChI=1S/C35H28N4OS3/c36-33-30-27-21-28(23-13-5-1-6-14-23)42-31(24-15-7-2-8-16-24)32(27)43-34(30)38-35(37-33)41-22-29(40)39(25-17-9-3-10-18-25)26-19-11-4-12-20-26/h1-20,28,31H,21-22H2,(H2,36,37,38)/t28-,31+/m1/s1. The van der Waals surface area contributed by atoms with E-state index in [1.807, 2.05) is 72.4 Å². The third-order valence-electron chi connectivity index (χ3n) is 7.49. The van der Waals surface area contributed by atoms with Crippen LogP contribution in [0.4, 0.5) is 17.2 Å². The van der Waals surface area contributed by atoms with Crippen LogP contribution in [0.5, 0.6) is 0 Å². The van der Waals surface area contributed by atoms with Crippen molar-refractivity contribution in [1.82, 2.24) is 9.97 Å². The first-order valence-corrected chi connectivity index (χ1v) is 16.8. The molecule has 1 aliphatic rings. The molecule has 0 bridgehead atoms. The van der Waals surface area contributed by atoms with Crippen molar-refractivity contribution in [2.45, 2.75) is 22.1 Å². The summed E-state index contributed by atoms with van der Waals surface area (Å²) in [5, 5.41) is 1.94. The topological polar surface area (TPSA) is 72.1 Å². The molecule has 1 aliphatic heterocycles. The van der Waals surface area contributed by atoms with Gasteiger partial charge in [-0.2, -0.15) is 0 Å². The quantitative estimate of drug-likeness (QED) is 0.143. The zero-order valence-corrected chi connectivity index (χ0v) is 25.6. The number of fused-ring (bicyclic) bond motifs is 3. The molecule has 0 saturated carbocycles. The Morgan fingerprint density at radius 1 is 0.791 bits per heavy atom. The number of hydrogen-bond acceptors (Lipinski definition) is 7. The molecule has 6 aromatic rings. The highest BCUT2D eigenvalue weighted by Gasteiger charge is 2.34. The van der Waals surface area contributed by atoms with Crippen LogP contribution in [-0.2, 0) is 11.2 Å². The number of aromatic nitrogens is 2. The van der Waals surface area contributed by atoms with E-state index in [9.17, 15) is 4.79 Å². The fraction of sp³-hybridized carbons (Fsp3) is 0.114. The van der Waals surface area contributed by atoms with E-state index < -0.39 is 0 Å². The Morgan fingerprint density at radius 3 is 1.95 bits per heavy atom. The van der Waals surface area contributed by atoms with Gasteiger partial charge in [0.15, 0.2) is 5.16 Å². The van der Waals surface area contributed by atoms with Crippen LogP contribution in [-0.4, -0.2) is 21.6 Å². The number of thioether (sulfide) groups is 2. The molecule has 7 rings (SSSR count). The first-order chi connectivity index (χ1) is 21.2. The van der Waals surface area contributed by atoms with Gasteiger partial charge < -0.3 is 5.73 Å². The molecule has 8 heteroatoms. The van der Waals surface area contributed by atoms with Crippen LogP contribution in [0.2, 0.25) is 0 Å². The van der Waals surface area contributed by atoms with Crippen LogP contribution in [0.15, 0.2) is 126 Å². The number of nitrogens with two attached hydrogens (primary N) is 1. The van der Waals surface area contributed by atoms with E-state index in [2.05, 4.69) is 60.7 Å². The van der Waals surface area contributed by atoms with Gasteiger partial charge in [0.05, 0.1) is 16.4 Å². The lowest BCUT2D eigenvalue weighted by molar-refractivity contribution is -0.115. The molecule has 1 amide bonds. The summed E-state index contributed by atoms with van der Waals surface area (Å²) in [6, 6.07) is 40.7. The molecule has 0 spiro atoms. The molecule has 0 aliphatic carbocycles. The van der Waals surface area contributed by atoms with Crippen molar-refractivity contribution < 1.29 is 4.79 Å². The number of anilines is 3. The van der Waals surface area contributed by atoms with Crippen molar-refractivity contribution >= 4 is 68.2 Å². The van der Waals surface area contributed by atoms with Crippen LogP contribution in [0.3, 0.4) is 0 Å². The van der Waals surface area contributed by atoms with Gasteiger partial charge in [-0.1, -0.05) is 109 Å². The monoisotopic (exact) mass is 616 g/mol. The fourth-order valence-corrected chi connectivity index (χ4v) is 9.30. The summed E-state index contributed by atoms with van der Waals surface area (Å²) >= 11 is 5.01. The predicted molar refractivity (Wildman–Crippen MR) is 181 cm³/mol. The number of thiophene rings is 1. The highest BCUT2D eigenvalue weighted by atomic mass is 32.2. The van der Waals surface area contributed by atoms with Gasteiger partial charge in [0, 0.05) is 21.5 Å². The number of benzene rings is 4. The summed E-state index contributed by atoms with van der Waals surface area (Å²) in [5.74, 6) is 0.602.